The number of halogens is 2. The van der Waals surface area contributed by atoms with Crippen molar-refractivity contribution in [3.63, 3.8) is 0 Å². The Morgan fingerprint density at radius 2 is 1.62 bits per heavy atom. The summed E-state index contributed by atoms with van der Waals surface area (Å²) in [6.45, 7) is 0. The van der Waals surface area contributed by atoms with Crippen LogP contribution in [-0.2, 0) is 0 Å². The second-order valence-electron chi connectivity index (χ2n) is 6.01. The Labute approximate surface area is 166 Å². The van der Waals surface area contributed by atoms with Gasteiger partial charge in [-0.15, -0.1) is 0 Å². The smallest absolute Gasteiger partial charge is 0.343 e. The highest BCUT2D eigenvalue weighted by Gasteiger charge is 2.16. The molecule has 4 nitrogen and oxygen atoms in total. The summed E-state index contributed by atoms with van der Waals surface area (Å²) in [4.78, 5) is 25.0. The molecule has 0 atom stereocenters. The molecule has 0 saturated carbocycles. The Balaban J connectivity index is 1.84. The molecule has 0 aliphatic rings. The van der Waals surface area contributed by atoms with E-state index >= 15 is 0 Å². The molecule has 0 fully saturated rings. The maximum atomic E-state index is 13.7. The predicted octanol–water partition coefficient (Wildman–Crippen LogP) is 5.09. The van der Waals surface area contributed by atoms with Gasteiger partial charge in [-0.25, -0.2) is 13.6 Å². The maximum Gasteiger partial charge on any atom is 0.343 e. The fourth-order valence-electron chi connectivity index (χ4n) is 2.53. The van der Waals surface area contributed by atoms with Crippen LogP contribution in [0, 0.1) is 11.6 Å². The van der Waals surface area contributed by atoms with Crippen LogP contribution >= 0.6 is 0 Å². The number of methoxy groups -OCH3 is 1. The number of hydrogen-bond acceptors (Lipinski definition) is 4. The van der Waals surface area contributed by atoms with E-state index in [1.807, 2.05) is 0 Å². The molecular weight excluding hydrogens is 378 g/mol. The SMILES string of the molecule is COc1cccc(C(=O)Oc2ccc(F)cc2C(=O)/C=C/c2ccc(F)cc2)c1. The van der Waals surface area contributed by atoms with Gasteiger partial charge in [0.2, 0.25) is 0 Å². The number of ketones is 1. The van der Waals surface area contributed by atoms with Gasteiger partial charge in [0.25, 0.3) is 0 Å². The Morgan fingerprint density at radius 1 is 0.897 bits per heavy atom. The van der Waals surface area contributed by atoms with Crippen LogP contribution in [0.25, 0.3) is 6.08 Å². The van der Waals surface area contributed by atoms with E-state index in [0.29, 0.717) is 11.3 Å². The van der Waals surface area contributed by atoms with Gasteiger partial charge in [0.1, 0.15) is 23.1 Å². The van der Waals surface area contributed by atoms with Gasteiger partial charge >= 0.3 is 5.97 Å². The molecule has 0 unspecified atom stereocenters. The lowest BCUT2D eigenvalue weighted by Crippen LogP contribution is -2.11. The summed E-state index contributed by atoms with van der Waals surface area (Å²) in [6, 6.07) is 15.1. The highest BCUT2D eigenvalue weighted by atomic mass is 19.1. The first kappa shape index (κ1) is 19.9. The number of esters is 1. The van der Waals surface area contributed by atoms with Gasteiger partial charge < -0.3 is 9.47 Å². The maximum absolute atomic E-state index is 13.7. The first-order chi connectivity index (χ1) is 14.0. The molecule has 0 bridgehead atoms. The van der Waals surface area contributed by atoms with Crippen LogP contribution in [0.1, 0.15) is 26.3 Å². The summed E-state index contributed by atoms with van der Waals surface area (Å²) in [7, 11) is 1.47. The van der Waals surface area contributed by atoms with Gasteiger partial charge in [-0.05, 0) is 60.2 Å². The molecule has 3 aromatic rings. The molecular formula is C23H16F2O4. The molecule has 0 radical (unpaired) electrons. The Bertz CT molecular complexity index is 1070. The highest BCUT2D eigenvalue weighted by Crippen LogP contribution is 2.23. The lowest BCUT2D eigenvalue weighted by atomic mass is 10.1. The molecule has 0 heterocycles. The van der Waals surface area contributed by atoms with Crippen molar-refractivity contribution in [2.24, 2.45) is 0 Å². The van der Waals surface area contributed by atoms with Gasteiger partial charge in [-0.3, -0.25) is 4.79 Å². The van der Waals surface area contributed by atoms with Crippen molar-refractivity contribution in [3.8, 4) is 11.5 Å². The van der Waals surface area contributed by atoms with E-state index < -0.39 is 23.4 Å². The predicted molar refractivity (Wildman–Crippen MR) is 104 cm³/mol. The zero-order valence-electron chi connectivity index (χ0n) is 15.4. The molecule has 3 aromatic carbocycles. The first-order valence-corrected chi connectivity index (χ1v) is 8.60. The molecule has 0 aliphatic carbocycles. The van der Waals surface area contributed by atoms with E-state index in [9.17, 15) is 18.4 Å². The quantitative estimate of drug-likeness (QED) is 0.253. The van der Waals surface area contributed by atoms with Gasteiger partial charge in [-0.2, -0.15) is 0 Å². The molecule has 0 saturated heterocycles. The molecule has 0 N–H and O–H groups in total. The van der Waals surface area contributed by atoms with Gasteiger partial charge in [-0.1, -0.05) is 24.3 Å². The molecule has 0 aromatic heterocycles. The molecule has 146 valence electrons. The number of allylic oxidation sites excluding steroid dienone is 1. The van der Waals surface area contributed by atoms with Crippen LogP contribution in [-0.4, -0.2) is 18.9 Å². The second-order valence-corrected chi connectivity index (χ2v) is 6.01. The average molecular weight is 394 g/mol. The van der Waals surface area contributed by atoms with E-state index in [1.54, 1.807) is 12.1 Å². The highest BCUT2D eigenvalue weighted by molar-refractivity contribution is 6.09. The van der Waals surface area contributed by atoms with Crippen LogP contribution in [0.5, 0.6) is 11.5 Å². The van der Waals surface area contributed by atoms with Crippen molar-refractivity contribution in [1.82, 2.24) is 0 Å². The summed E-state index contributed by atoms with van der Waals surface area (Å²) in [6.07, 6.45) is 2.66. The third-order valence-corrected chi connectivity index (χ3v) is 4.01. The third kappa shape index (κ3) is 5.13. The normalized spacial score (nSPS) is 10.7. The number of carbonyl (C=O) groups excluding carboxylic acids is 2. The summed E-state index contributed by atoms with van der Waals surface area (Å²) < 4.78 is 37.0. The Kier molecular flexibility index (Phi) is 6.14. The van der Waals surface area contributed by atoms with E-state index in [2.05, 4.69) is 0 Å². The van der Waals surface area contributed by atoms with E-state index in [0.717, 1.165) is 12.1 Å². The molecule has 0 spiro atoms. The van der Waals surface area contributed by atoms with Crippen LogP contribution in [0.15, 0.2) is 72.8 Å². The molecule has 3 rings (SSSR count). The van der Waals surface area contributed by atoms with Crippen molar-refractivity contribution in [1.29, 1.82) is 0 Å². The first-order valence-electron chi connectivity index (χ1n) is 8.60. The van der Waals surface area contributed by atoms with E-state index in [4.69, 9.17) is 9.47 Å². The largest absolute Gasteiger partial charge is 0.497 e. The minimum Gasteiger partial charge on any atom is -0.497 e. The Hall–Kier alpha value is -3.80. The number of rotatable bonds is 6. The van der Waals surface area contributed by atoms with Crippen molar-refractivity contribution in [2.75, 3.05) is 7.11 Å². The van der Waals surface area contributed by atoms with Crippen LogP contribution in [0.3, 0.4) is 0 Å². The Morgan fingerprint density at radius 3 is 2.34 bits per heavy atom. The summed E-state index contributed by atoms with van der Waals surface area (Å²) in [5.74, 6) is -1.94. The zero-order chi connectivity index (χ0) is 20.8. The van der Waals surface area contributed by atoms with Crippen LogP contribution in [0.4, 0.5) is 8.78 Å². The van der Waals surface area contributed by atoms with Crippen molar-refractivity contribution >= 4 is 17.8 Å². The van der Waals surface area contributed by atoms with Gasteiger partial charge in [0.15, 0.2) is 5.78 Å². The van der Waals surface area contributed by atoms with Crippen molar-refractivity contribution in [3.05, 3.63) is 101 Å². The monoisotopic (exact) mass is 394 g/mol. The van der Waals surface area contributed by atoms with Gasteiger partial charge in [0, 0.05) is 0 Å². The fraction of sp³-hybridized carbons (Fsp3) is 0.0435. The number of carbonyl (C=O) groups is 2. The van der Waals surface area contributed by atoms with Crippen molar-refractivity contribution < 1.29 is 27.8 Å². The van der Waals surface area contributed by atoms with E-state index in [-0.39, 0.29) is 16.9 Å². The zero-order valence-corrected chi connectivity index (χ0v) is 15.4. The van der Waals surface area contributed by atoms with Crippen LogP contribution < -0.4 is 9.47 Å². The molecule has 0 amide bonds. The summed E-state index contributed by atoms with van der Waals surface area (Å²) in [5, 5.41) is 0. The third-order valence-electron chi connectivity index (χ3n) is 4.01. The molecule has 29 heavy (non-hydrogen) atoms. The summed E-state index contributed by atoms with van der Waals surface area (Å²) >= 11 is 0. The fourth-order valence-corrected chi connectivity index (χ4v) is 2.53. The second kappa shape index (κ2) is 8.93. The van der Waals surface area contributed by atoms with E-state index in [1.165, 1.54) is 61.7 Å². The summed E-state index contributed by atoms with van der Waals surface area (Å²) in [5.41, 5.74) is 0.694. The molecule has 6 heteroatoms. The standard InChI is InChI=1S/C23H16F2O4/c1-28-19-4-2-3-16(13-19)23(27)29-22-12-10-18(25)14-20(22)21(26)11-7-15-5-8-17(24)9-6-15/h2-14H,1H3/b11-7+. The number of benzene rings is 3. The minimum absolute atomic E-state index is 0.0759. The molecule has 0 aliphatic heterocycles. The van der Waals surface area contributed by atoms with Crippen molar-refractivity contribution in [2.45, 2.75) is 0 Å². The minimum atomic E-state index is -0.716. The van der Waals surface area contributed by atoms with Crippen LogP contribution in [0.2, 0.25) is 0 Å². The average Bonchev–Trinajstić information content (AvgIpc) is 2.74. The lowest BCUT2D eigenvalue weighted by Gasteiger charge is -2.09. The number of ether oxygens (including phenoxy) is 2. The topological polar surface area (TPSA) is 52.6 Å². The number of hydrogen-bond donors (Lipinski definition) is 0. The lowest BCUT2D eigenvalue weighted by molar-refractivity contribution is 0.0732. The van der Waals surface area contributed by atoms with Gasteiger partial charge in [0.05, 0.1) is 18.2 Å².